The SMILES string of the molecule is COc1ccnc(NNC(=O)CCOc2ccc(F)cc2Cl)n1. The minimum absolute atomic E-state index is 0.0602. The monoisotopic (exact) mass is 340 g/mol. The van der Waals surface area contributed by atoms with Crippen molar-refractivity contribution in [3.63, 3.8) is 0 Å². The molecule has 122 valence electrons. The largest absolute Gasteiger partial charge is 0.491 e. The van der Waals surface area contributed by atoms with Crippen molar-refractivity contribution in [1.82, 2.24) is 15.4 Å². The van der Waals surface area contributed by atoms with Crippen LogP contribution >= 0.6 is 11.6 Å². The van der Waals surface area contributed by atoms with Gasteiger partial charge in [-0.3, -0.25) is 15.6 Å². The Morgan fingerprint density at radius 3 is 2.96 bits per heavy atom. The summed E-state index contributed by atoms with van der Waals surface area (Å²) in [6, 6.07) is 5.34. The van der Waals surface area contributed by atoms with Crippen molar-refractivity contribution in [3.8, 4) is 11.6 Å². The first-order chi connectivity index (χ1) is 11.1. The molecule has 9 heteroatoms. The molecule has 0 saturated heterocycles. The van der Waals surface area contributed by atoms with Crippen LogP contribution in [0.2, 0.25) is 5.02 Å². The van der Waals surface area contributed by atoms with Crippen molar-refractivity contribution in [1.29, 1.82) is 0 Å². The number of carbonyl (C=O) groups excluding carboxylic acids is 1. The van der Waals surface area contributed by atoms with E-state index in [1.807, 2.05) is 0 Å². The highest BCUT2D eigenvalue weighted by molar-refractivity contribution is 6.32. The van der Waals surface area contributed by atoms with Crippen LogP contribution in [0, 0.1) is 5.82 Å². The Balaban J connectivity index is 1.74. The van der Waals surface area contributed by atoms with E-state index in [0.717, 1.165) is 6.07 Å². The summed E-state index contributed by atoms with van der Waals surface area (Å²) in [5.41, 5.74) is 4.97. The van der Waals surface area contributed by atoms with Gasteiger partial charge in [-0.25, -0.2) is 9.37 Å². The number of carbonyl (C=O) groups is 1. The summed E-state index contributed by atoms with van der Waals surface area (Å²) in [5.74, 6) is 0.0772. The highest BCUT2D eigenvalue weighted by Gasteiger charge is 2.06. The molecule has 1 heterocycles. The molecule has 0 aliphatic heterocycles. The maximum atomic E-state index is 12.9. The van der Waals surface area contributed by atoms with E-state index >= 15 is 0 Å². The van der Waals surface area contributed by atoms with Crippen molar-refractivity contribution >= 4 is 23.5 Å². The number of aromatic nitrogens is 2. The van der Waals surface area contributed by atoms with Crippen LogP contribution in [0.5, 0.6) is 11.6 Å². The van der Waals surface area contributed by atoms with Crippen LogP contribution in [0.4, 0.5) is 10.3 Å². The summed E-state index contributed by atoms with van der Waals surface area (Å²) < 4.78 is 23.1. The molecule has 0 aliphatic carbocycles. The Hall–Kier alpha value is -2.61. The predicted octanol–water partition coefficient (Wildman–Crippen LogP) is 2.19. The number of halogens is 2. The second-order valence-corrected chi connectivity index (χ2v) is 4.68. The van der Waals surface area contributed by atoms with Gasteiger partial charge in [-0.1, -0.05) is 11.6 Å². The number of benzene rings is 1. The number of anilines is 1. The first kappa shape index (κ1) is 16.8. The molecule has 2 rings (SSSR count). The average molecular weight is 341 g/mol. The number of hydrogen-bond donors (Lipinski definition) is 2. The lowest BCUT2D eigenvalue weighted by Gasteiger charge is -2.09. The zero-order valence-electron chi connectivity index (χ0n) is 12.2. The van der Waals surface area contributed by atoms with Gasteiger partial charge >= 0.3 is 0 Å². The molecule has 0 unspecified atom stereocenters. The van der Waals surface area contributed by atoms with Crippen molar-refractivity contribution in [3.05, 3.63) is 41.3 Å². The highest BCUT2D eigenvalue weighted by atomic mass is 35.5. The predicted molar refractivity (Wildman–Crippen MR) is 81.9 cm³/mol. The van der Waals surface area contributed by atoms with Crippen molar-refractivity contribution in [2.75, 3.05) is 19.1 Å². The molecule has 0 aliphatic rings. The van der Waals surface area contributed by atoms with Crippen LogP contribution in [-0.4, -0.2) is 29.6 Å². The van der Waals surface area contributed by atoms with Gasteiger partial charge in [0.25, 0.3) is 0 Å². The van der Waals surface area contributed by atoms with E-state index in [9.17, 15) is 9.18 Å². The zero-order chi connectivity index (χ0) is 16.7. The zero-order valence-corrected chi connectivity index (χ0v) is 12.9. The fourth-order valence-corrected chi connectivity index (χ4v) is 1.77. The maximum Gasteiger partial charge on any atom is 0.245 e. The Morgan fingerprint density at radius 1 is 1.39 bits per heavy atom. The lowest BCUT2D eigenvalue weighted by atomic mass is 10.3. The molecule has 23 heavy (non-hydrogen) atoms. The summed E-state index contributed by atoms with van der Waals surface area (Å²) >= 11 is 5.81. The van der Waals surface area contributed by atoms with Crippen molar-refractivity contribution < 1.29 is 18.7 Å². The standard InChI is InChI=1S/C14H14ClFN4O3/c1-22-13-4-6-17-14(18-13)20-19-12(21)5-7-23-11-3-2-9(16)8-10(11)15/h2-4,6,8H,5,7H2,1H3,(H,19,21)(H,17,18,20). The van der Waals surface area contributed by atoms with Gasteiger partial charge in [-0.2, -0.15) is 4.98 Å². The smallest absolute Gasteiger partial charge is 0.245 e. The summed E-state index contributed by atoms with van der Waals surface area (Å²) in [5, 5.41) is 0.147. The molecule has 2 aromatic rings. The Morgan fingerprint density at radius 2 is 2.22 bits per heavy atom. The Labute approximate surface area is 136 Å². The molecular formula is C14H14ClFN4O3. The van der Waals surface area contributed by atoms with Gasteiger partial charge < -0.3 is 9.47 Å². The fourth-order valence-electron chi connectivity index (χ4n) is 1.55. The molecule has 0 saturated carbocycles. The van der Waals surface area contributed by atoms with Crippen LogP contribution in [0.3, 0.4) is 0 Å². The molecule has 0 bridgehead atoms. The lowest BCUT2D eigenvalue weighted by Crippen LogP contribution is -2.31. The van der Waals surface area contributed by atoms with E-state index in [1.54, 1.807) is 6.07 Å². The van der Waals surface area contributed by atoms with Gasteiger partial charge in [-0.05, 0) is 18.2 Å². The molecule has 1 aromatic carbocycles. The molecule has 2 N–H and O–H groups in total. The number of rotatable bonds is 7. The third kappa shape index (κ3) is 5.26. The maximum absolute atomic E-state index is 12.9. The number of hydrogen-bond acceptors (Lipinski definition) is 6. The Kier molecular flexibility index (Phi) is 5.93. The third-order valence-electron chi connectivity index (χ3n) is 2.63. The number of hydrazine groups is 1. The van der Waals surface area contributed by atoms with Crippen LogP contribution in [0.15, 0.2) is 30.5 Å². The molecule has 0 spiro atoms. The van der Waals surface area contributed by atoms with E-state index in [-0.39, 0.29) is 29.9 Å². The van der Waals surface area contributed by atoms with Gasteiger partial charge in [0.2, 0.25) is 17.7 Å². The first-order valence-electron chi connectivity index (χ1n) is 6.58. The molecule has 0 radical (unpaired) electrons. The fraction of sp³-hybridized carbons (Fsp3) is 0.214. The molecule has 1 aromatic heterocycles. The van der Waals surface area contributed by atoms with Crippen LogP contribution in [-0.2, 0) is 4.79 Å². The quantitative estimate of drug-likeness (QED) is 0.751. The van der Waals surface area contributed by atoms with Gasteiger partial charge in [-0.15, -0.1) is 0 Å². The van der Waals surface area contributed by atoms with Gasteiger partial charge in [0, 0.05) is 12.3 Å². The highest BCUT2D eigenvalue weighted by Crippen LogP contribution is 2.24. The summed E-state index contributed by atoms with van der Waals surface area (Å²) in [6.07, 6.45) is 1.55. The van der Waals surface area contributed by atoms with Gasteiger partial charge in [0.05, 0.1) is 25.2 Å². The van der Waals surface area contributed by atoms with E-state index in [4.69, 9.17) is 21.1 Å². The van der Waals surface area contributed by atoms with E-state index in [1.165, 1.54) is 25.4 Å². The van der Waals surface area contributed by atoms with E-state index in [2.05, 4.69) is 20.8 Å². The van der Waals surface area contributed by atoms with Crippen LogP contribution in [0.1, 0.15) is 6.42 Å². The molecule has 7 nitrogen and oxygen atoms in total. The summed E-state index contributed by atoms with van der Waals surface area (Å²) in [6.45, 7) is 0.0812. The van der Waals surface area contributed by atoms with Gasteiger partial charge in [0.15, 0.2) is 0 Å². The van der Waals surface area contributed by atoms with Crippen molar-refractivity contribution in [2.45, 2.75) is 6.42 Å². The summed E-state index contributed by atoms with van der Waals surface area (Å²) in [7, 11) is 1.47. The topological polar surface area (TPSA) is 85.4 Å². The third-order valence-corrected chi connectivity index (χ3v) is 2.93. The number of amides is 1. The number of nitrogens with zero attached hydrogens (tertiary/aromatic N) is 2. The van der Waals surface area contributed by atoms with Crippen LogP contribution in [0.25, 0.3) is 0 Å². The van der Waals surface area contributed by atoms with Crippen molar-refractivity contribution in [2.24, 2.45) is 0 Å². The second-order valence-electron chi connectivity index (χ2n) is 4.27. The second kappa shape index (κ2) is 8.14. The Bertz CT molecular complexity index is 687. The molecule has 1 amide bonds. The molecule has 0 atom stereocenters. The van der Waals surface area contributed by atoms with E-state index < -0.39 is 5.82 Å². The minimum atomic E-state index is -0.456. The number of nitrogens with one attached hydrogen (secondary N) is 2. The molecule has 0 fully saturated rings. The minimum Gasteiger partial charge on any atom is -0.491 e. The number of methoxy groups -OCH3 is 1. The van der Waals surface area contributed by atoms with Crippen LogP contribution < -0.4 is 20.3 Å². The summed E-state index contributed by atoms with van der Waals surface area (Å²) in [4.78, 5) is 19.5. The normalized spacial score (nSPS) is 10.0. The molecular weight excluding hydrogens is 327 g/mol. The van der Waals surface area contributed by atoms with Gasteiger partial charge in [0.1, 0.15) is 11.6 Å². The average Bonchev–Trinajstić information content (AvgIpc) is 2.55. The first-order valence-corrected chi connectivity index (χ1v) is 6.96. The lowest BCUT2D eigenvalue weighted by molar-refractivity contribution is -0.121. The van der Waals surface area contributed by atoms with E-state index in [0.29, 0.717) is 11.6 Å². The number of ether oxygens (including phenoxy) is 2.